The molecule has 2 aromatic rings. The number of carbonyl (C=O) groups excluding carboxylic acids is 1. The molecular weight excluding hydrogens is 372 g/mol. The van der Waals surface area contributed by atoms with Gasteiger partial charge in [-0.15, -0.1) is 6.58 Å². The fourth-order valence-corrected chi connectivity index (χ4v) is 4.17. The largest absolute Gasteiger partial charge is 0.350 e. The minimum atomic E-state index is -3.60. The molecule has 0 aliphatic rings. The van der Waals surface area contributed by atoms with Gasteiger partial charge in [-0.25, -0.2) is 13.1 Å². The van der Waals surface area contributed by atoms with Crippen molar-refractivity contribution in [1.29, 1.82) is 0 Å². The zero-order valence-electron chi connectivity index (χ0n) is 16.6. The first-order chi connectivity index (χ1) is 13.2. The average Bonchev–Trinajstić information content (AvgIpc) is 2.66. The molecule has 0 heterocycles. The van der Waals surface area contributed by atoms with E-state index < -0.39 is 10.0 Å². The summed E-state index contributed by atoms with van der Waals surface area (Å²) in [5.41, 5.74) is 1.56. The molecule has 2 aromatic carbocycles. The van der Waals surface area contributed by atoms with Crippen LogP contribution in [0.2, 0.25) is 0 Å². The maximum absolute atomic E-state index is 12.5. The van der Waals surface area contributed by atoms with Crippen molar-refractivity contribution in [2.75, 3.05) is 6.54 Å². The van der Waals surface area contributed by atoms with Crippen LogP contribution in [0.25, 0.3) is 0 Å². The topological polar surface area (TPSA) is 75.3 Å². The van der Waals surface area contributed by atoms with Crippen LogP contribution in [-0.2, 0) is 15.4 Å². The fourth-order valence-electron chi connectivity index (χ4n) is 3.17. The Bertz CT molecular complexity index is 905. The van der Waals surface area contributed by atoms with Crippen LogP contribution in [0, 0.1) is 0 Å². The molecular formula is C22H28N2O3S. The van der Waals surface area contributed by atoms with Crippen LogP contribution in [0.3, 0.4) is 0 Å². The van der Waals surface area contributed by atoms with Crippen molar-refractivity contribution in [2.24, 2.45) is 0 Å². The lowest BCUT2D eigenvalue weighted by Gasteiger charge is -2.29. The summed E-state index contributed by atoms with van der Waals surface area (Å²) in [4.78, 5) is 12.6. The summed E-state index contributed by atoms with van der Waals surface area (Å²) in [6.45, 7) is 9.92. The third-order valence-corrected chi connectivity index (χ3v) is 6.03. The number of sulfonamides is 1. The molecule has 0 aromatic heterocycles. The zero-order valence-corrected chi connectivity index (χ0v) is 17.4. The summed E-state index contributed by atoms with van der Waals surface area (Å²) >= 11 is 0. The van der Waals surface area contributed by atoms with Crippen molar-refractivity contribution >= 4 is 15.9 Å². The van der Waals surface area contributed by atoms with Crippen molar-refractivity contribution in [2.45, 2.75) is 43.5 Å². The van der Waals surface area contributed by atoms with Gasteiger partial charge in [0.05, 0.1) is 4.90 Å². The molecule has 0 spiro atoms. The maximum atomic E-state index is 12.5. The Labute approximate surface area is 167 Å². The molecule has 0 saturated heterocycles. The number of hydrogen-bond donors (Lipinski definition) is 2. The van der Waals surface area contributed by atoms with Gasteiger partial charge in [0, 0.05) is 18.2 Å². The second-order valence-corrected chi connectivity index (χ2v) is 9.26. The van der Waals surface area contributed by atoms with Crippen molar-refractivity contribution < 1.29 is 13.2 Å². The third kappa shape index (κ3) is 5.78. The van der Waals surface area contributed by atoms with Gasteiger partial charge in [-0.3, -0.25) is 4.79 Å². The second-order valence-electron chi connectivity index (χ2n) is 7.49. The second kappa shape index (κ2) is 9.17. The Hall–Kier alpha value is -2.44. The molecule has 2 rings (SSSR count). The van der Waals surface area contributed by atoms with Gasteiger partial charge in [-0.05, 0) is 48.6 Å². The number of nitrogens with one attached hydrogen (secondary N) is 2. The van der Waals surface area contributed by atoms with Gasteiger partial charge in [0.2, 0.25) is 10.0 Å². The monoisotopic (exact) mass is 400 g/mol. The Kier molecular flexibility index (Phi) is 7.16. The van der Waals surface area contributed by atoms with E-state index in [1.165, 1.54) is 35.9 Å². The van der Waals surface area contributed by atoms with Crippen LogP contribution < -0.4 is 10.0 Å². The van der Waals surface area contributed by atoms with Gasteiger partial charge < -0.3 is 5.32 Å². The minimum Gasteiger partial charge on any atom is -0.350 e. The van der Waals surface area contributed by atoms with E-state index in [4.69, 9.17) is 0 Å². The lowest BCUT2D eigenvalue weighted by molar-refractivity contribution is 0.0934. The van der Waals surface area contributed by atoms with Gasteiger partial charge in [0.15, 0.2) is 0 Å². The first-order valence-corrected chi connectivity index (χ1v) is 10.7. The molecule has 1 atom stereocenters. The Morgan fingerprint density at radius 3 is 2.29 bits per heavy atom. The molecule has 0 saturated carbocycles. The third-order valence-electron chi connectivity index (χ3n) is 4.59. The highest BCUT2D eigenvalue weighted by Gasteiger charge is 2.24. The SMILES string of the molecule is C=CCNS(=O)(=O)c1ccc(C(=O)NC(C)CC(C)(C)c2ccccc2)cc1. The fraction of sp³-hybridized carbons (Fsp3) is 0.318. The molecule has 28 heavy (non-hydrogen) atoms. The van der Waals surface area contributed by atoms with E-state index >= 15 is 0 Å². The Morgan fingerprint density at radius 2 is 1.71 bits per heavy atom. The van der Waals surface area contributed by atoms with E-state index in [2.05, 4.69) is 42.6 Å². The maximum Gasteiger partial charge on any atom is 0.251 e. The summed E-state index contributed by atoms with van der Waals surface area (Å²) in [6.07, 6.45) is 2.25. The molecule has 150 valence electrons. The highest BCUT2D eigenvalue weighted by molar-refractivity contribution is 7.89. The van der Waals surface area contributed by atoms with E-state index in [-0.39, 0.29) is 28.8 Å². The molecule has 0 aliphatic heterocycles. The van der Waals surface area contributed by atoms with E-state index in [9.17, 15) is 13.2 Å². The minimum absolute atomic E-state index is 0.0413. The van der Waals surface area contributed by atoms with Crippen LogP contribution >= 0.6 is 0 Å². The smallest absolute Gasteiger partial charge is 0.251 e. The molecule has 0 radical (unpaired) electrons. The lowest BCUT2D eigenvalue weighted by Crippen LogP contribution is -2.37. The zero-order chi connectivity index (χ0) is 20.8. The summed E-state index contributed by atoms with van der Waals surface area (Å²) in [7, 11) is -3.60. The van der Waals surface area contributed by atoms with Crippen molar-refractivity contribution in [3.05, 3.63) is 78.4 Å². The van der Waals surface area contributed by atoms with Gasteiger partial charge >= 0.3 is 0 Å². The van der Waals surface area contributed by atoms with Crippen molar-refractivity contribution in [1.82, 2.24) is 10.0 Å². The van der Waals surface area contributed by atoms with Gasteiger partial charge in [-0.2, -0.15) is 0 Å². The molecule has 5 nitrogen and oxygen atoms in total. The quantitative estimate of drug-likeness (QED) is 0.631. The highest BCUT2D eigenvalue weighted by atomic mass is 32.2. The van der Waals surface area contributed by atoms with Crippen LogP contribution in [0.4, 0.5) is 0 Å². The number of rotatable bonds is 9. The summed E-state index contributed by atoms with van der Waals surface area (Å²) in [6, 6.07) is 16.1. The molecule has 2 N–H and O–H groups in total. The van der Waals surface area contributed by atoms with E-state index in [0.29, 0.717) is 5.56 Å². The first kappa shape index (κ1) is 21.9. The Morgan fingerprint density at radius 1 is 1.11 bits per heavy atom. The van der Waals surface area contributed by atoms with E-state index in [1.54, 1.807) is 0 Å². The molecule has 1 unspecified atom stereocenters. The number of hydrogen-bond acceptors (Lipinski definition) is 3. The summed E-state index contributed by atoms with van der Waals surface area (Å²) < 4.78 is 26.6. The normalized spacial score (nSPS) is 13.0. The van der Waals surface area contributed by atoms with E-state index in [0.717, 1.165) is 6.42 Å². The highest BCUT2D eigenvalue weighted by Crippen LogP contribution is 2.28. The lowest BCUT2D eigenvalue weighted by atomic mass is 9.79. The number of amides is 1. The van der Waals surface area contributed by atoms with Crippen molar-refractivity contribution in [3.8, 4) is 0 Å². The van der Waals surface area contributed by atoms with Crippen LogP contribution in [0.1, 0.15) is 43.1 Å². The van der Waals surface area contributed by atoms with Crippen LogP contribution in [-0.4, -0.2) is 26.9 Å². The average molecular weight is 401 g/mol. The predicted molar refractivity (Wildman–Crippen MR) is 113 cm³/mol. The van der Waals surface area contributed by atoms with Gasteiger partial charge in [-0.1, -0.05) is 50.3 Å². The standard InChI is InChI=1S/C22H28N2O3S/c1-5-15-23-28(26,27)20-13-11-18(12-14-20)21(25)24-17(2)16-22(3,4)19-9-7-6-8-10-19/h5-14,17,23H,1,15-16H2,2-4H3,(H,24,25). The molecule has 6 heteroatoms. The number of benzene rings is 2. The molecule has 0 aliphatic carbocycles. The van der Waals surface area contributed by atoms with Gasteiger partial charge in [0.1, 0.15) is 0 Å². The Balaban J connectivity index is 2.01. The van der Waals surface area contributed by atoms with Crippen LogP contribution in [0.15, 0.2) is 72.1 Å². The first-order valence-electron chi connectivity index (χ1n) is 9.23. The van der Waals surface area contributed by atoms with Gasteiger partial charge in [0.25, 0.3) is 5.91 Å². The summed E-state index contributed by atoms with van der Waals surface area (Å²) in [5, 5.41) is 3.00. The molecule has 0 fully saturated rings. The molecule has 0 bridgehead atoms. The summed E-state index contributed by atoms with van der Waals surface area (Å²) in [5.74, 6) is -0.223. The van der Waals surface area contributed by atoms with Crippen LogP contribution in [0.5, 0.6) is 0 Å². The predicted octanol–water partition coefficient (Wildman–Crippen LogP) is 3.64. The molecule has 1 amide bonds. The number of carbonyl (C=O) groups is 1. The van der Waals surface area contributed by atoms with Crippen molar-refractivity contribution in [3.63, 3.8) is 0 Å². The van der Waals surface area contributed by atoms with E-state index in [1.807, 2.05) is 25.1 Å².